The van der Waals surface area contributed by atoms with E-state index in [4.69, 9.17) is 20.8 Å². The average Bonchev–Trinajstić information content (AvgIpc) is 2.98. The number of hydrogen-bond donors (Lipinski definition) is 1. The first-order valence-electron chi connectivity index (χ1n) is 7.44. The average molecular weight is 343 g/mol. The molecule has 2 aromatic carbocycles. The zero-order valence-electron chi connectivity index (χ0n) is 13.0. The molecule has 0 unspecified atom stereocenters. The Morgan fingerprint density at radius 2 is 2.08 bits per heavy atom. The van der Waals surface area contributed by atoms with Crippen LogP contribution in [0, 0.1) is 0 Å². The number of phenolic OH excluding ortho intramolecular Hbond substituents is 1. The summed E-state index contributed by atoms with van der Waals surface area (Å²) in [5, 5.41) is 11.1. The van der Waals surface area contributed by atoms with Crippen LogP contribution in [0.5, 0.6) is 11.5 Å². The molecule has 0 aliphatic carbocycles. The topological polar surface area (TPSA) is 59.7 Å². The lowest BCUT2D eigenvalue weighted by atomic mass is 10.1. The first kappa shape index (κ1) is 16.1. The van der Waals surface area contributed by atoms with Crippen molar-refractivity contribution < 1.29 is 19.1 Å². The van der Waals surface area contributed by atoms with Crippen molar-refractivity contribution in [2.75, 3.05) is 6.61 Å². The minimum Gasteiger partial charge on any atom is -0.504 e. The standard InChI is InChI=1S/C19H15ClO4/c1-2-23-18-9-12(3-6-15(18)21)4-7-16(22)19-11-13-10-14(20)5-8-17(13)24-19/h3-11,21H,2H2,1H3/b7-4+. The molecule has 0 aliphatic rings. The Labute approximate surface area is 143 Å². The largest absolute Gasteiger partial charge is 0.504 e. The number of rotatable bonds is 5. The van der Waals surface area contributed by atoms with Crippen molar-refractivity contribution in [1.82, 2.24) is 0 Å². The molecule has 0 saturated carbocycles. The number of furan rings is 1. The minimum atomic E-state index is -0.256. The van der Waals surface area contributed by atoms with E-state index in [-0.39, 0.29) is 17.3 Å². The highest BCUT2D eigenvalue weighted by Gasteiger charge is 2.10. The molecule has 1 heterocycles. The van der Waals surface area contributed by atoms with Crippen molar-refractivity contribution >= 4 is 34.4 Å². The molecule has 0 aliphatic heterocycles. The van der Waals surface area contributed by atoms with E-state index in [0.717, 1.165) is 10.9 Å². The van der Waals surface area contributed by atoms with E-state index in [1.165, 1.54) is 12.1 Å². The molecule has 3 rings (SSSR count). The Morgan fingerprint density at radius 1 is 1.25 bits per heavy atom. The summed E-state index contributed by atoms with van der Waals surface area (Å²) in [5.74, 6) is 0.431. The van der Waals surface area contributed by atoms with Gasteiger partial charge in [0.1, 0.15) is 5.58 Å². The van der Waals surface area contributed by atoms with E-state index in [1.54, 1.807) is 42.5 Å². The molecule has 0 saturated heterocycles. The Bertz CT molecular complexity index is 924. The number of carbonyl (C=O) groups is 1. The number of hydrogen-bond acceptors (Lipinski definition) is 4. The van der Waals surface area contributed by atoms with Crippen molar-refractivity contribution in [2.24, 2.45) is 0 Å². The fourth-order valence-corrected chi connectivity index (χ4v) is 2.48. The van der Waals surface area contributed by atoms with Crippen LogP contribution in [0.15, 0.2) is 53.0 Å². The monoisotopic (exact) mass is 342 g/mol. The Morgan fingerprint density at radius 3 is 2.88 bits per heavy atom. The minimum absolute atomic E-state index is 0.0643. The van der Waals surface area contributed by atoms with Gasteiger partial charge in [-0.05, 0) is 55.0 Å². The number of ketones is 1. The number of fused-ring (bicyclic) bond motifs is 1. The lowest BCUT2D eigenvalue weighted by Gasteiger charge is -2.06. The van der Waals surface area contributed by atoms with Crippen LogP contribution in [0.25, 0.3) is 17.0 Å². The van der Waals surface area contributed by atoms with Gasteiger partial charge in [0, 0.05) is 10.4 Å². The maximum absolute atomic E-state index is 12.3. The molecule has 1 aromatic heterocycles. The van der Waals surface area contributed by atoms with Gasteiger partial charge in [0.05, 0.1) is 6.61 Å². The number of aromatic hydroxyl groups is 1. The summed E-state index contributed by atoms with van der Waals surface area (Å²) in [6.45, 7) is 2.28. The molecule has 0 radical (unpaired) electrons. The van der Waals surface area contributed by atoms with Crippen LogP contribution in [0.3, 0.4) is 0 Å². The molecule has 1 N–H and O–H groups in total. The number of ether oxygens (including phenoxy) is 1. The smallest absolute Gasteiger partial charge is 0.221 e. The summed E-state index contributed by atoms with van der Waals surface area (Å²) < 4.78 is 10.9. The van der Waals surface area contributed by atoms with Gasteiger partial charge >= 0.3 is 0 Å². The quantitative estimate of drug-likeness (QED) is 0.518. The van der Waals surface area contributed by atoms with Crippen molar-refractivity contribution in [3.05, 3.63) is 64.9 Å². The SMILES string of the molecule is CCOc1cc(/C=C/C(=O)c2cc3cc(Cl)ccc3o2)ccc1O. The summed E-state index contributed by atoms with van der Waals surface area (Å²) in [7, 11) is 0. The van der Waals surface area contributed by atoms with E-state index < -0.39 is 0 Å². The Balaban J connectivity index is 1.82. The van der Waals surface area contributed by atoms with Crippen molar-refractivity contribution in [1.29, 1.82) is 0 Å². The first-order chi connectivity index (χ1) is 11.6. The number of phenols is 1. The fourth-order valence-electron chi connectivity index (χ4n) is 2.30. The molecule has 24 heavy (non-hydrogen) atoms. The van der Waals surface area contributed by atoms with Gasteiger partial charge in [-0.15, -0.1) is 0 Å². The van der Waals surface area contributed by atoms with Crippen molar-refractivity contribution in [2.45, 2.75) is 6.92 Å². The molecule has 122 valence electrons. The van der Waals surface area contributed by atoms with E-state index in [2.05, 4.69) is 0 Å². The lowest BCUT2D eigenvalue weighted by Crippen LogP contribution is -1.93. The second-order valence-corrected chi connectivity index (χ2v) is 5.59. The highest BCUT2D eigenvalue weighted by molar-refractivity contribution is 6.31. The van der Waals surface area contributed by atoms with Gasteiger partial charge in [0.15, 0.2) is 17.3 Å². The second-order valence-electron chi connectivity index (χ2n) is 5.15. The van der Waals surface area contributed by atoms with Crippen LogP contribution in [-0.4, -0.2) is 17.5 Å². The third-order valence-electron chi connectivity index (χ3n) is 3.43. The van der Waals surface area contributed by atoms with Gasteiger partial charge in [-0.2, -0.15) is 0 Å². The van der Waals surface area contributed by atoms with Crippen molar-refractivity contribution in [3.63, 3.8) is 0 Å². The van der Waals surface area contributed by atoms with Crippen LogP contribution in [0.2, 0.25) is 5.02 Å². The molecular formula is C19H15ClO4. The fraction of sp³-hybridized carbons (Fsp3) is 0.105. The van der Waals surface area contributed by atoms with Gasteiger partial charge in [0.2, 0.25) is 5.78 Å². The zero-order valence-corrected chi connectivity index (χ0v) is 13.7. The van der Waals surface area contributed by atoms with E-state index >= 15 is 0 Å². The predicted octanol–water partition coefficient (Wildman–Crippen LogP) is 5.09. The van der Waals surface area contributed by atoms with Gasteiger partial charge in [-0.25, -0.2) is 0 Å². The molecule has 0 bridgehead atoms. The lowest BCUT2D eigenvalue weighted by molar-refractivity contribution is 0.102. The molecular weight excluding hydrogens is 328 g/mol. The van der Waals surface area contributed by atoms with E-state index in [0.29, 0.717) is 23.0 Å². The normalized spacial score (nSPS) is 11.2. The third kappa shape index (κ3) is 3.44. The maximum atomic E-state index is 12.3. The van der Waals surface area contributed by atoms with E-state index in [1.807, 2.05) is 6.92 Å². The Hall–Kier alpha value is -2.72. The molecule has 0 fully saturated rings. The van der Waals surface area contributed by atoms with Crippen LogP contribution in [0.4, 0.5) is 0 Å². The van der Waals surface area contributed by atoms with Crippen LogP contribution in [-0.2, 0) is 0 Å². The summed E-state index contributed by atoms with van der Waals surface area (Å²) in [6, 6.07) is 11.7. The zero-order chi connectivity index (χ0) is 17.1. The number of halogens is 1. The van der Waals surface area contributed by atoms with Gasteiger partial charge < -0.3 is 14.3 Å². The molecule has 0 amide bonds. The summed E-state index contributed by atoms with van der Waals surface area (Å²) >= 11 is 5.93. The van der Waals surface area contributed by atoms with Crippen LogP contribution >= 0.6 is 11.6 Å². The van der Waals surface area contributed by atoms with Gasteiger partial charge in [-0.1, -0.05) is 23.7 Å². The highest BCUT2D eigenvalue weighted by Crippen LogP contribution is 2.28. The van der Waals surface area contributed by atoms with Gasteiger partial charge in [-0.3, -0.25) is 4.79 Å². The number of allylic oxidation sites excluding steroid dienone is 1. The predicted molar refractivity (Wildman–Crippen MR) is 93.9 cm³/mol. The number of carbonyl (C=O) groups excluding carboxylic acids is 1. The second kappa shape index (κ2) is 6.81. The molecule has 0 atom stereocenters. The highest BCUT2D eigenvalue weighted by atomic mass is 35.5. The summed E-state index contributed by atoms with van der Waals surface area (Å²) in [5.41, 5.74) is 1.35. The van der Waals surface area contributed by atoms with Gasteiger partial charge in [0.25, 0.3) is 0 Å². The number of benzene rings is 2. The maximum Gasteiger partial charge on any atom is 0.221 e. The van der Waals surface area contributed by atoms with E-state index in [9.17, 15) is 9.90 Å². The summed E-state index contributed by atoms with van der Waals surface area (Å²) in [6.07, 6.45) is 3.06. The molecule has 0 spiro atoms. The molecule has 3 aromatic rings. The van der Waals surface area contributed by atoms with Crippen LogP contribution in [0.1, 0.15) is 23.0 Å². The Kier molecular flexibility index (Phi) is 4.58. The first-order valence-corrected chi connectivity index (χ1v) is 7.82. The molecule has 5 heteroatoms. The third-order valence-corrected chi connectivity index (χ3v) is 3.67. The summed E-state index contributed by atoms with van der Waals surface area (Å²) in [4.78, 5) is 12.3. The molecule has 4 nitrogen and oxygen atoms in total. The van der Waals surface area contributed by atoms with Crippen molar-refractivity contribution in [3.8, 4) is 11.5 Å². The van der Waals surface area contributed by atoms with Crippen LogP contribution < -0.4 is 4.74 Å².